The molecule has 0 aliphatic carbocycles. The highest BCUT2D eigenvalue weighted by atomic mass is 32.2. The molecule has 3 aromatic heterocycles. The Kier molecular flexibility index (Phi) is 4.44. The molecule has 0 bridgehead atoms. The van der Waals surface area contributed by atoms with Crippen molar-refractivity contribution in [2.24, 2.45) is 0 Å². The monoisotopic (exact) mass is 401 g/mol. The second-order valence-electron chi connectivity index (χ2n) is 5.76. The standard InChI is InChI=1S/C17H15N5O3S2/c1-3-22-15(14-5-4-8-25-14)20-21-17(22)26-16-12-9-11(27(2,23)24)6-7-13(12)18-10-19-16/h4-10H,3H2,1-2H3. The quantitative estimate of drug-likeness (QED) is 0.470. The van der Waals surface area contributed by atoms with Crippen molar-refractivity contribution in [3.05, 3.63) is 42.9 Å². The largest absolute Gasteiger partial charge is 0.461 e. The molecular formula is C17H15N5O3S2. The Labute approximate surface area is 159 Å². The zero-order valence-corrected chi connectivity index (χ0v) is 16.2. The van der Waals surface area contributed by atoms with Crippen LogP contribution < -0.4 is 0 Å². The van der Waals surface area contributed by atoms with Gasteiger partial charge in [0.1, 0.15) is 11.4 Å². The van der Waals surface area contributed by atoms with Crippen LogP contribution in [0.5, 0.6) is 0 Å². The van der Waals surface area contributed by atoms with E-state index in [9.17, 15) is 8.42 Å². The molecule has 0 fully saturated rings. The van der Waals surface area contributed by atoms with Crippen LogP contribution in [0.3, 0.4) is 0 Å². The van der Waals surface area contributed by atoms with Crippen molar-refractivity contribution >= 4 is 32.5 Å². The lowest BCUT2D eigenvalue weighted by Crippen LogP contribution is -2.00. The lowest BCUT2D eigenvalue weighted by molar-refractivity contribution is 0.567. The second kappa shape index (κ2) is 6.78. The number of fused-ring (bicyclic) bond motifs is 1. The summed E-state index contributed by atoms with van der Waals surface area (Å²) in [6, 6.07) is 8.43. The highest BCUT2D eigenvalue weighted by Crippen LogP contribution is 2.33. The van der Waals surface area contributed by atoms with Gasteiger partial charge in [-0.2, -0.15) is 0 Å². The minimum atomic E-state index is -3.33. The first-order valence-electron chi connectivity index (χ1n) is 8.07. The zero-order valence-electron chi connectivity index (χ0n) is 14.5. The highest BCUT2D eigenvalue weighted by molar-refractivity contribution is 7.99. The van der Waals surface area contributed by atoms with Gasteiger partial charge in [0.15, 0.2) is 26.6 Å². The lowest BCUT2D eigenvalue weighted by Gasteiger charge is -2.08. The Hall–Kier alpha value is -2.72. The van der Waals surface area contributed by atoms with Gasteiger partial charge >= 0.3 is 0 Å². The Morgan fingerprint density at radius 2 is 2.04 bits per heavy atom. The molecule has 1 aromatic carbocycles. The van der Waals surface area contributed by atoms with Gasteiger partial charge in [0.2, 0.25) is 0 Å². The molecule has 0 aliphatic heterocycles. The summed E-state index contributed by atoms with van der Waals surface area (Å²) in [4.78, 5) is 8.77. The number of hydrogen-bond acceptors (Lipinski definition) is 8. The molecule has 0 radical (unpaired) electrons. The minimum absolute atomic E-state index is 0.222. The summed E-state index contributed by atoms with van der Waals surface area (Å²) in [6.07, 6.45) is 4.21. The van der Waals surface area contributed by atoms with Crippen molar-refractivity contribution in [3.63, 3.8) is 0 Å². The van der Waals surface area contributed by atoms with Gasteiger partial charge in [-0.3, -0.25) is 4.57 Å². The average molecular weight is 401 g/mol. The fraction of sp³-hybridized carbons (Fsp3) is 0.176. The smallest absolute Gasteiger partial charge is 0.200 e. The van der Waals surface area contributed by atoms with Crippen LogP contribution in [-0.2, 0) is 16.4 Å². The molecule has 0 aliphatic rings. The van der Waals surface area contributed by atoms with Gasteiger partial charge < -0.3 is 4.42 Å². The number of benzene rings is 1. The van der Waals surface area contributed by atoms with Crippen LogP contribution in [0.4, 0.5) is 0 Å². The Bertz CT molecular complexity index is 1220. The SMILES string of the molecule is CCn1c(Sc2ncnc3ccc(S(C)(=O)=O)cc23)nnc1-c1ccco1. The maximum Gasteiger partial charge on any atom is 0.200 e. The maximum atomic E-state index is 11.9. The average Bonchev–Trinajstić information content (AvgIpc) is 3.30. The van der Waals surface area contributed by atoms with Crippen molar-refractivity contribution in [2.75, 3.05) is 6.26 Å². The van der Waals surface area contributed by atoms with E-state index < -0.39 is 9.84 Å². The normalized spacial score (nSPS) is 11.9. The number of hydrogen-bond donors (Lipinski definition) is 0. The van der Waals surface area contributed by atoms with E-state index in [1.165, 1.54) is 24.3 Å². The first kappa shape index (κ1) is 17.7. The summed E-state index contributed by atoms with van der Waals surface area (Å²) in [5, 5.41) is 10.4. The summed E-state index contributed by atoms with van der Waals surface area (Å²) in [6.45, 7) is 2.63. The lowest BCUT2D eigenvalue weighted by atomic mass is 10.2. The number of sulfone groups is 1. The molecule has 0 amide bonds. The van der Waals surface area contributed by atoms with Gasteiger partial charge in [-0.25, -0.2) is 18.4 Å². The molecular weight excluding hydrogens is 386 g/mol. The van der Waals surface area contributed by atoms with E-state index in [0.717, 1.165) is 0 Å². The molecule has 0 saturated carbocycles. The Morgan fingerprint density at radius 3 is 2.74 bits per heavy atom. The number of furan rings is 1. The summed E-state index contributed by atoms with van der Waals surface area (Å²) in [5.41, 5.74) is 0.661. The summed E-state index contributed by atoms with van der Waals surface area (Å²) >= 11 is 1.31. The van der Waals surface area contributed by atoms with Gasteiger partial charge in [-0.15, -0.1) is 10.2 Å². The maximum absolute atomic E-state index is 11.9. The highest BCUT2D eigenvalue weighted by Gasteiger charge is 2.18. The van der Waals surface area contributed by atoms with Gasteiger partial charge in [-0.1, -0.05) is 0 Å². The van der Waals surface area contributed by atoms with Crippen LogP contribution in [0, 0.1) is 0 Å². The zero-order chi connectivity index (χ0) is 19.0. The van der Waals surface area contributed by atoms with Crippen molar-refractivity contribution < 1.29 is 12.8 Å². The van der Waals surface area contributed by atoms with Crippen LogP contribution in [0.2, 0.25) is 0 Å². The summed E-state index contributed by atoms with van der Waals surface area (Å²) in [7, 11) is -3.33. The number of rotatable bonds is 5. The van der Waals surface area contributed by atoms with Crippen LogP contribution in [-0.4, -0.2) is 39.4 Å². The Balaban J connectivity index is 1.80. The second-order valence-corrected chi connectivity index (χ2v) is 8.73. The number of aromatic nitrogens is 5. The molecule has 138 valence electrons. The molecule has 27 heavy (non-hydrogen) atoms. The third-order valence-corrected chi connectivity index (χ3v) is 6.07. The Morgan fingerprint density at radius 1 is 1.19 bits per heavy atom. The molecule has 0 saturated heterocycles. The molecule has 4 aromatic rings. The topological polar surface area (TPSA) is 104 Å². The minimum Gasteiger partial charge on any atom is -0.461 e. The van der Waals surface area contributed by atoms with E-state index in [4.69, 9.17) is 4.42 Å². The predicted molar refractivity (Wildman–Crippen MR) is 100 cm³/mol. The molecule has 4 rings (SSSR count). The van der Waals surface area contributed by atoms with Gasteiger partial charge in [0.25, 0.3) is 0 Å². The molecule has 10 heteroatoms. The molecule has 0 spiro atoms. The predicted octanol–water partition coefficient (Wildman–Crippen LogP) is 3.06. The molecule has 3 heterocycles. The van der Waals surface area contributed by atoms with Crippen LogP contribution >= 0.6 is 11.8 Å². The van der Waals surface area contributed by atoms with E-state index in [1.807, 2.05) is 17.6 Å². The fourth-order valence-electron chi connectivity index (χ4n) is 2.65. The molecule has 0 unspecified atom stereocenters. The summed E-state index contributed by atoms with van der Waals surface area (Å²) in [5.74, 6) is 1.25. The van der Waals surface area contributed by atoms with Crippen molar-refractivity contribution in [2.45, 2.75) is 28.5 Å². The molecule has 0 atom stereocenters. The molecule has 8 nitrogen and oxygen atoms in total. The summed E-state index contributed by atoms with van der Waals surface area (Å²) < 4.78 is 31.1. The van der Waals surface area contributed by atoms with Crippen molar-refractivity contribution in [1.82, 2.24) is 24.7 Å². The van der Waals surface area contributed by atoms with Crippen molar-refractivity contribution in [1.29, 1.82) is 0 Å². The van der Waals surface area contributed by atoms with Crippen molar-refractivity contribution in [3.8, 4) is 11.6 Å². The van der Waals surface area contributed by atoms with E-state index in [2.05, 4.69) is 20.2 Å². The van der Waals surface area contributed by atoms with Crippen LogP contribution in [0.25, 0.3) is 22.5 Å². The van der Waals surface area contributed by atoms with E-state index >= 15 is 0 Å². The first-order valence-corrected chi connectivity index (χ1v) is 10.8. The van der Waals surface area contributed by atoms with Gasteiger partial charge in [-0.05, 0) is 49.0 Å². The fourth-order valence-corrected chi connectivity index (χ4v) is 4.25. The van der Waals surface area contributed by atoms with Crippen LogP contribution in [0.1, 0.15) is 6.92 Å². The molecule has 0 N–H and O–H groups in total. The number of nitrogens with zero attached hydrogens (tertiary/aromatic N) is 5. The third kappa shape index (κ3) is 3.33. The first-order chi connectivity index (χ1) is 13.0. The third-order valence-electron chi connectivity index (χ3n) is 3.96. The van der Waals surface area contributed by atoms with Crippen LogP contribution in [0.15, 0.2) is 62.4 Å². The van der Waals surface area contributed by atoms with E-state index in [-0.39, 0.29) is 4.90 Å². The van der Waals surface area contributed by atoms with E-state index in [1.54, 1.807) is 30.5 Å². The van der Waals surface area contributed by atoms with Gasteiger partial charge in [0.05, 0.1) is 16.7 Å². The van der Waals surface area contributed by atoms with E-state index in [0.29, 0.717) is 39.2 Å². The van der Waals surface area contributed by atoms with Gasteiger partial charge in [0, 0.05) is 18.2 Å².